The van der Waals surface area contributed by atoms with Crippen molar-refractivity contribution in [2.75, 3.05) is 11.4 Å². The van der Waals surface area contributed by atoms with Crippen molar-refractivity contribution in [1.29, 1.82) is 0 Å². The lowest BCUT2D eigenvalue weighted by Gasteiger charge is -2.13. The van der Waals surface area contributed by atoms with Crippen LogP contribution in [0.4, 0.5) is 14.5 Å². The molecule has 88 valence electrons. The van der Waals surface area contributed by atoms with Crippen LogP contribution in [0.15, 0.2) is 24.3 Å². The summed E-state index contributed by atoms with van der Waals surface area (Å²) < 4.78 is 26.5. The van der Waals surface area contributed by atoms with Gasteiger partial charge in [0.15, 0.2) is 0 Å². The first-order chi connectivity index (χ1) is 8.06. The molecular weight excluding hydrogens is 228 g/mol. The molecule has 1 aromatic rings. The Kier molecular flexibility index (Phi) is 2.75. The maximum Gasteiger partial charge on any atom is 0.299 e. The Morgan fingerprint density at radius 3 is 2.65 bits per heavy atom. The Morgan fingerprint density at radius 2 is 2.00 bits per heavy atom. The molecule has 17 heavy (non-hydrogen) atoms. The monoisotopic (exact) mass is 237 g/mol. The van der Waals surface area contributed by atoms with Gasteiger partial charge in [-0.05, 0) is 13.0 Å². The number of anilines is 1. The summed E-state index contributed by atoms with van der Waals surface area (Å²) in [5.74, 6) is -3.57. The van der Waals surface area contributed by atoms with Gasteiger partial charge in [0.25, 0.3) is 11.7 Å². The third kappa shape index (κ3) is 1.73. The summed E-state index contributed by atoms with van der Waals surface area (Å²) in [5, 5.41) is 0. The number of allylic oxidation sites excluding steroid dienone is 1. The summed E-state index contributed by atoms with van der Waals surface area (Å²) >= 11 is 0. The Morgan fingerprint density at radius 1 is 1.29 bits per heavy atom. The van der Waals surface area contributed by atoms with Crippen LogP contribution in [0.2, 0.25) is 0 Å². The normalized spacial score (nSPS) is 14.9. The molecule has 0 unspecified atom stereocenters. The first kappa shape index (κ1) is 11.4. The second-order valence-corrected chi connectivity index (χ2v) is 3.60. The maximum absolute atomic E-state index is 13.4. The molecule has 3 nitrogen and oxygen atoms in total. The van der Waals surface area contributed by atoms with E-state index in [0.717, 1.165) is 11.0 Å². The summed E-state index contributed by atoms with van der Waals surface area (Å²) in [4.78, 5) is 24.2. The maximum atomic E-state index is 13.4. The Hall–Kier alpha value is -2.04. The smallest absolute Gasteiger partial charge is 0.299 e. The van der Waals surface area contributed by atoms with Crippen LogP contribution in [0.25, 0.3) is 0 Å². The van der Waals surface area contributed by atoms with E-state index in [9.17, 15) is 18.4 Å². The number of hydrogen-bond donors (Lipinski definition) is 0. The summed E-state index contributed by atoms with van der Waals surface area (Å²) in [6.07, 6.45) is 3.31. The molecule has 1 aliphatic rings. The van der Waals surface area contributed by atoms with Crippen molar-refractivity contribution < 1.29 is 18.4 Å². The van der Waals surface area contributed by atoms with Gasteiger partial charge in [0, 0.05) is 12.6 Å². The highest BCUT2D eigenvalue weighted by Gasteiger charge is 2.38. The van der Waals surface area contributed by atoms with E-state index in [0.29, 0.717) is 6.07 Å². The largest absolute Gasteiger partial charge is 0.301 e. The Bertz CT molecular complexity index is 538. The van der Waals surface area contributed by atoms with E-state index in [1.54, 1.807) is 19.1 Å². The number of benzene rings is 1. The molecule has 0 saturated carbocycles. The number of amides is 1. The van der Waals surface area contributed by atoms with Gasteiger partial charge in [-0.3, -0.25) is 9.59 Å². The predicted molar refractivity (Wildman–Crippen MR) is 57.9 cm³/mol. The van der Waals surface area contributed by atoms with Crippen molar-refractivity contribution in [2.24, 2.45) is 0 Å². The van der Waals surface area contributed by atoms with Gasteiger partial charge in [-0.15, -0.1) is 0 Å². The van der Waals surface area contributed by atoms with E-state index >= 15 is 0 Å². The zero-order chi connectivity index (χ0) is 12.6. The average molecular weight is 237 g/mol. The van der Waals surface area contributed by atoms with Crippen molar-refractivity contribution in [3.8, 4) is 0 Å². The van der Waals surface area contributed by atoms with E-state index in [4.69, 9.17) is 0 Å². The van der Waals surface area contributed by atoms with Crippen molar-refractivity contribution in [2.45, 2.75) is 6.92 Å². The molecule has 1 heterocycles. The molecule has 1 aromatic carbocycles. The summed E-state index contributed by atoms with van der Waals surface area (Å²) in [6, 6.07) is 1.59. The molecule has 1 aliphatic heterocycles. The van der Waals surface area contributed by atoms with Crippen molar-refractivity contribution in [1.82, 2.24) is 0 Å². The lowest BCUT2D eigenvalue weighted by molar-refractivity contribution is -0.114. The molecule has 0 bridgehead atoms. The lowest BCUT2D eigenvalue weighted by Crippen LogP contribution is -2.29. The van der Waals surface area contributed by atoms with E-state index in [1.807, 2.05) is 0 Å². The molecule has 0 spiro atoms. The molecular formula is C12H9F2NO2. The van der Waals surface area contributed by atoms with Gasteiger partial charge in [0.1, 0.15) is 11.6 Å². The van der Waals surface area contributed by atoms with Gasteiger partial charge in [0.2, 0.25) is 0 Å². The number of rotatable bonds is 2. The van der Waals surface area contributed by atoms with Gasteiger partial charge in [-0.2, -0.15) is 0 Å². The van der Waals surface area contributed by atoms with Crippen LogP contribution < -0.4 is 4.90 Å². The Balaban J connectivity index is 2.55. The number of carbonyl (C=O) groups excluding carboxylic acids is 2. The van der Waals surface area contributed by atoms with Gasteiger partial charge >= 0.3 is 0 Å². The van der Waals surface area contributed by atoms with E-state index < -0.39 is 23.3 Å². The SMILES string of the molecule is CC=CCN1C(=O)C(=O)c2c(F)cc(F)cc21. The van der Waals surface area contributed by atoms with Crippen LogP contribution in [0.1, 0.15) is 17.3 Å². The van der Waals surface area contributed by atoms with E-state index in [-0.39, 0.29) is 17.8 Å². The molecule has 2 rings (SSSR count). The zero-order valence-electron chi connectivity index (χ0n) is 9.04. The van der Waals surface area contributed by atoms with E-state index in [1.165, 1.54) is 0 Å². The summed E-state index contributed by atoms with van der Waals surface area (Å²) in [5.41, 5.74) is -0.350. The highest BCUT2D eigenvalue weighted by molar-refractivity contribution is 6.52. The third-order valence-electron chi connectivity index (χ3n) is 2.52. The van der Waals surface area contributed by atoms with Crippen molar-refractivity contribution in [3.05, 3.63) is 41.5 Å². The number of nitrogens with zero attached hydrogens (tertiary/aromatic N) is 1. The first-order valence-electron chi connectivity index (χ1n) is 5.02. The molecule has 0 aliphatic carbocycles. The fourth-order valence-electron chi connectivity index (χ4n) is 1.73. The molecule has 0 saturated heterocycles. The summed E-state index contributed by atoms with van der Waals surface area (Å²) in [6.45, 7) is 1.87. The molecule has 0 aromatic heterocycles. The zero-order valence-corrected chi connectivity index (χ0v) is 9.04. The quantitative estimate of drug-likeness (QED) is 0.583. The van der Waals surface area contributed by atoms with Gasteiger partial charge < -0.3 is 4.90 Å². The lowest BCUT2D eigenvalue weighted by atomic mass is 10.1. The van der Waals surface area contributed by atoms with Crippen LogP contribution >= 0.6 is 0 Å². The highest BCUT2D eigenvalue weighted by atomic mass is 19.1. The number of halogens is 2. The van der Waals surface area contributed by atoms with Crippen molar-refractivity contribution >= 4 is 17.4 Å². The number of Topliss-reactive ketones (excluding diaryl/α,β-unsaturated/α-hetero) is 1. The standard InChI is InChI=1S/C12H9F2NO2/c1-2-3-4-15-9-6-7(13)5-8(14)10(9)11(16)12(15)17/h2-3,5-6H,4H2,1H3. The molecule has 0 fully saturated rings. The number of ketones is 1. The van der Waals surface area contributed by atoms with Crippen LogP contribution in [0.3, 0.4) is 0 Å². The number of fused-ring (bicyclic) bond motifs is 1. The average Bonchev–Trinajstić information content (AvgIpc) is 2.49. The minimum atomic E-state index is -0.999. The van der Waals surface area contributed by atoms with Crippen molar-refractivity contribution in [3.63, 3.8) is 0 Å². The minimum Gasteiger partial charge on any atom is -0.301 e. The van der Waals surface area contributed by atoms with E-state index in [2.05, 4.69) is 0 Å². The van der Waals surface area contributed by atoms with Crippen LogP contribution in [0, 0.1) is 11.6 Å². The van der Waals surface area contributed by atoms with Gasteiger partial charge in [0.05, 0.1) is 11.3 Å². The molecule has 0 radical (unpaired) electrons. The summed E-state index contributed by atoms with van der Waals surface area (Å²) in [7, 11) is 0. The van der Waals surface area contributed by atoms with Crippen LogP contribution in [-0.4, -0.2) is 18.2 Å². The third-order valence-corrected chi connectivity index (χ3v) is 2.52. The highest BCUT2D eigenvalue weighted by Crippen LogP contribution is 2.31. The van der Waals surface area contributed by atoms with Crippen LogP contribution in [0.5, 0.6) is 0 Å². The molecule has 0 atom stereocenters. The minimum absolute atomic E-state index is 0.00407. The molecule has 0 N–H and O–H groups in total. The second kappa shape index (κ2) is 4.08. The molecule has 1 amide bonds. The molecule has 5 heteroatoms. The number of hydrogen-bond acceptors (Lipinski definition) is 2. The number of carbonyl (C=O) groups is 2. The topological polar surface area (TPSA) is 37.4 Å². The fraction of sp³-hybridized carbons (Fsp3) is 0.167. The van der Waals surface area contributed by atoms with Gasteiger partial charge in [-0.1, -0.05) is 12.2 Å². The Labute approximate surface area is 96.3 Å². The van der Waals surface area contributed by atoms with Gasteiger partial charge in [-0.25, -0.2) is 8.78 Å². The fourth-order valence-corrected chi connectivity index (χ4v) is 1.73. The second-order valence-electron chi connectivity index (χ2n) is 3.60. The first-order valence-corrected chi connectivity index (χ1v) is 5.02. The predicted octanol–water partition coefficient (Wildman–Crippen LogP) is 2.07. The van der Waals surface area contributed by atoms with Crippen LogP contribution in [-0.2, 0) is 4.79 Å².